The first-order chi connectivity index (χ1) is 25.3. The van der Waals surface area contributed by atoms with Gasteiger partial charge in [0.15, 0.2) is 0 Å². The van der Waals surface area contributed by atoms with Gasteiger partial charge in [-0.2, -0.15) is 0 Å². The molecule has 2 nitrogen and oxygen atoms in total. The van der Waals surface area contributed by atoms with Crippen molar-refractivity contribution in [2.75, 3.05) is 4.90 Å². The molecule has 2 aliphatic carbocycles. The molecule has 2 aliphatic rings. The molecule has 0 bridgehead atoms. The summed E-state index contributed by atoms with van der Waals surface area (Å²) in [5.74, 6) is 0. The molecule has 248 valence electrons. The Kier molecular flexibility index (Phi) is 5.83. The molecule has 0 aliphatic heterocycles. The van der Waals surface area contributed by atoms with E-state index in [1.807, 2.05) is 6.07 Å². The molecule has 1 heterocycles. The molecule has 0 N–H and O–H groups in total. The van der Waals surface area contributed by atoms with Gasteiger partial charge in [0.2, 0.25) is 0 Å². The second kappa shape index (κ2) is 10.2. The van der Waals surface area contributed by atoms with Crippen molar-refractivity contribution >= 4 is 60.5 Å². The first kappa shape index (κ1) is 29.6. The van der Waals surface area contributed by atoms with Gasteiger partial charge in [0.1, 0.15) is 11.2 Å². The van der Waals surface area contributed by atoms with Gasteiger partial charge in [-0.1, -0.05) is 119 Å². The normalized spacial score (nSPS) is 14.8. The van der Waals surface area contributed by atoms with Crippen LogP contribution in [0, 0.1) is 0 Å². The van der Waals surface area contributed by atoms with Crippen LogP contribution in [0.4, 0.5) is 17.1 Å². The van der Waals surface area contributed by atoms with E-state index >= 15 is 0 Å². The number of anilines is 3. The number of hydrogen-bond donors (Lipinski definition) is 0. The average Bonchev–Trinajstić information content (AvgIpc) is 3.72. The number of para-hydroxylation sites is 2. The fourth-order valence-corrected chi connectivity index (χ4v) is 9.52. The van der Waals surface area contributed by atoms with Crippen molar-refractivity contribution in [3.8, 4) is 22.3 Å². The third-order valence-corrected chi connectivity index (χ3v) is 12.2. The lowest BCUT2D eigenvalue weighted by atomic mass is 9.81. The highest BCUT2D eigenvalue weighted by atomic mass is 16.3. The molecule has 52 heavy (non-hydrogen) atoms. The standard InChI is InChI=1S/C50H37NO/c1-49(2)42-26-33(22-23-34(42)38-28-47-39(27-43(38)49)36-19-12-13-21-46(36)52-47)51(32-16-6-5-7-17-32)45-29-44-48(37-20-11-10-18-35(37)45)40-24-30-14-8-9-15-31(30)25-41(40)50(44,3)4/h5-29H,1-4H3. The molecular formula is C50H37NO. The van der Waals surface area contributed by atoms with Gasteiger partial charge < -0.3 is 9.32 Å². The Morgan fingerprint density at radius 2 is 1.04 bits per heavy atom. The van der Waals surface area contributed by atoms with Crippen molar-refractivity contribution in [3.63, 3.8) is 0 Å². The van der Waals surface area contributed by atoms with Gasteiger partial charge in [-0.3, -0.25) is 0 Å². The summed E-state index contributed by atoms with van der Waals surface area (Å²) < 4.78 is 6.37. The first-order valence-electron chi connectivity index (χ1n) is 18.3. The van der Waals surface area contributed by atoms with Crippen LogP contribution >= 0.6 is 0 Å². The van der Waals surface area contributed by atoms with Gasteiger partial charge >= 0.3 is 0 Å². The minimum Gasteiger partial charge on any atom is -0.456 e. The highest BCUT2D eigenvalue weighted by Gasteiger charge is 2.40. The van der Waals surface area contributed by atoms with E-state index in [0.717, 1.165) is 22.5 Å². The number of rotatable bonds is 3. The predicted molar refractivity (Wildman–Crippen MR) is 219 cm³/mol. The lowest BCUT2D eigenvalue weighted by Gasteiger charge is -2.31. The fraction of sp³-hybridized carbons (Fsp3) is 0.120. The molecule has 0 amide bonds. The summed E-state index contributed by atoms with van der Waals surface area (Å²) in [5, 5.41) is 7.47. The maximum atomic E-state index is 6.37. The minimum absolute atomic E-state index is 0.168. The lowest BCUT2D eigenvalue weighted by Crippen LogP contribution is -2.18. The van der Waals surface area contributed by atoms with Crippen molar-refractivity contribution in [2.24, 2.45) is 0 Å². The Morgan fingerprint density at radius 3 is 1.85 bits per heavy atom. The van der Waals surface area contributed by atoms with Crippen molar-refractivity contribution in [1.82, 2.24) is 0 Å². The molecule has 0 saturated carbocycles. The van der Waals surface area contributed by atoms with Gasteiger partial charge in [0, 0.05) is 38.4 Å². The van der Waals surface area contributed by atoms with Crippen molar-refractivity contribution in [1.29, 1.82) is 0 Å². The highest BCUT2D eigenvalue weighted by molar-refractivity contribution is 6.12. The van der Waals surface area contributed by atoms with Crippen molar-refractivity contribution in [3.05, 3.63) is 174 Å². The van der Waals surface area contributed by atoms with Crippen LogP contribution < -0.4 is 4.90 Å². The van der Waals surface area contributed by atoms with Crippen LogP contribution in [0.1, 0.15) is 49.9 Å². The van der Waals surface area contributed by atoms with E-state index in [1.165, 1.54) is 82.5 Å². The predicted octanol–water partition coefficient (Wildman–Crippen LogP) is 14.0. The Bertz CT molecular complexity index is 2960. The molecule has 0 saturated heterocycles. The molecule has 8 aromatic carbocycles. The third-order valence-electron chi connectivity index (χ3n) is 12.2. The van der Waals surface area contributed by atoms with Crippen LogP contribution in [0.2, 0.25) is 0 Å². The van der Waals surface area contributed by atoms with Crippen LogP contribution in [0.25, 0.3) is 65.7 Å². The quantitative estimate of drug-likeness (QED) is 0.186. The number of furan rings is 1. The van der Waals surface area contributed by atoms with E-state index in [2.05, 4.69) is 178 Å². The van der Waals surface area contributed by atoms with Crippen LogP contribution in [0.15, 0.2) is 156 Å². The minimum atomic E-state index is -0.193. The summed E-state index contributed by atoms with van der Waals surface area (Å²) >= 11 is 0. The number of benzene rings is 8. The van der Waals surface area contributed by atoms with Crippen LogP contribution in [0.3, 0.4) is 0 Å². The molecule has 0 fully saturated rings. The van der Waals surface area contributed by atoms with E-state index in [4.69, 9.17) is 4.42 Å². The zero-order valence-corrected chi connectivity index (χ0v) is 29.8. The molecule has 9 aromatic rings. The fourth-order valence-electron chi connectivity index (χ4n) is 9.52. The SMILES string of the molecule is CC1(C)c2cc(N(c3ccccc3)c3cc4c(c5ccccc35)-c3cc5ccccc5cc3C4(C)C)ccc2-c2cc3oc4ccccc4c3cc21. The number of nitrogens with zero attached hydrogens (tertiary/aromatic N) is 1. The Balaban J connectivity index is 1.14. The van der Waals surface area contributed by atoms with Crippen molar-refractivity contribution in [2.45, 2.75) is 38.5 Å². The molecule has 0 unspecified atom stereocenters. The number of hydrogen-bond acceptors (Lipinski definition) is 2. The summed E-state index contributed by atoms with van der Waals surface area (Å²) in [7, 11) is 0. The monoisotopic (exact) mass is 667 g/mol. The van der Waals surface area contributed by atoms with Gasteiger partial charge in [-0.25, -0.2) is 0 Å². The summed E-state index contributed by atoms with van der Waals surface area (Å²) in [5.41, 5.74) is 15.7. The highest BCUT2D eigenvalue weighted by Crippen LogP contribution is 2.57. The van der Waals surface area contributed by atoms with E-state index < -0.39 is 0 Å². The molecule has 0 spiro atoms. The largest absolute Gasteiger partial charge is 0.456 e. The van der Waals surface area contributed by atoms with Crippen LogP contribution in [-0.4, -0.2) is 0 Å². The summed E-state index contributed by atoms with van der Waals surface area (Å²) in [6.07, 6.45) is 0. The van der Waals surface area contributed by atoms with Gasteiger partial charge in [0.05, 0.1) is 5.69 Å². The third kappa shape index (κ3) is 3.90. The topological polar surface area (TPSA) is 16.4 Å². The van der Waals surface area contributed by atoms with Gasteiger partial charge in [-0.05, 0) is 121 Å². The molecular weight excluding hydrogens is 631 g/mol. The molecule has 11 rings (SSSR count). The molecule has 2 heteroatoms. The Hall–Kier alpha value is -6.12. The van der Waals surface area contributed by atoms with Gasteiger partial charge in [-0.15, -0.1) is 0 Å². The average molecular weight is 668 g/mol. The van der Waals surface area contributed by atoms with Gasteiger partial charge in [0.25, 0.3) is 0 Å². The Labute approximate surface area is 303 Å². The van der Waals surface area contributed by atoms with E-state index in [9.17, 15) is 0 Å². The number of fused-ring (bicyclic) bond motifs is 12. The molecule has 0 atom stereocenters. The maximum Gasteiger partial charge on any atom is 0.136 e. The first-order valence-corrected chi connectivity index (χ1v) is 18.3. The molecule has 0 radical (unpaired) electrons. The maximum absolute atomic E-state index is 6.37. The van der Waals surface area contributed by atoms with Crippen LogP contribution in [0.5, 0.6) is 0 Å². The Morgan fingerprint density at radius 1 is 0.404 bits per heavy atom. The summed E-state index contributed by atoms with van der Waals surface area (Å²) in [6, 6.07) is 56.1. The van der Waals surface area contributed by atoms with E-state index in [-0.39, 0.29) is 10.8 Å². The second-order valence-electron chi connectivity index (χ2n) is 15.8. The van der Waals surface area contributed by atoms with E-state index in [0.29, 0.717) is 0 Å². The zero-order chi connectivity index (χ0) is 34.9. The smallest absolute Gasteiger partial charge is 0.136 e. The van der Waals surface area contributed by atoms with Crippen molar-refractivity contribution < 1.29 is 4.42 Å². The molecule has 1 aromatic heterocycles. The van der Waals surface area contributed by atoms with E-state index in [1.54, 1.807) is 0 Å². The zero-order valence-electron chi connectivity index (χ0n) is 29.8. The lowest BCUT2D eigenvalue weighted by molar-refractivity contribution is 0.658. The second-order valence-corrected chi connectivity index (χ2v) is 15.8. The summed E-state index contributed by atoms with van der Waals surface area (Å²) in [4.78, 5) is 2.48. The summed E-state index contributed by atoms with van der Waals surface area (Å²) in [6.45, 7) is 9.53. The van der Waals surface area contributed by atoms with Crippen LogP contribution in [-0.2, 0) is 10.8 Å².